The Morgan fingerprint density at radius 2 is 2.03 bits per heavy atom. The van der Waals surface area contributed by atoms with E-state index < -0.39 is 41.9 Å². The molecule has 1 aromatic heterocycles. The van der Waals surface area contributed by atoms with Gasteiger partial charge in [-0.1, -0.05) is 0 Å². The fourth-order valence-electron chi connectivity index (χ4n) is 2.68. The highest BCUT2D eigenvalue weighted by Crippen LogP contribution is 2.33. The second-order valence-corrected chi connectivity index (χ2v) is 6.11. The molecule has 1 aliphatic rings. The Morgan fingerprint density at radius 1 is 1.31 bits per heavy atom. The molecule has 0 fully saturated rings. The molecule has 2 atom stereocenters. The van der Waals surface area contributed by atoms with E-state index in [9.17, 15) is 27.6 Å². The molecule has 0 N–H and O–H groups in total. The molecular formula is C18H14F3NO7. The largest absolute Gasteiger partial charge is 0.464 e. The molecule has 0 spiro atoms. The number of halogens is 3. The highest BCUT2D eigenvalue weighted by molar-refractivity contribution is 5.95. The van der Waals surface area contributed by atoms with Gasteiger partial charge < -0.3 is 18.6 Å². The molecule has 11 heteroatoms. The number of aromatic nitrogens is 1. The Bertz CT molecular complexity index is 967. The van der Waals surface area contributed by atoms with Gasteiger partial charge in [-0.25, -0.2) is 19.4 Å². The lowest BCUT2D eigenvalue weighted by Gasteiger charge is -2.24. The van der Waals surface area contributed by atoms with Crippen LogP contribution in [0.1, 0.15) is 50.9 Å². The summed E-state index contributed by atoms with van der Waals surface area (Å²) in [6.07, 6.45) is -6.35. The van der Waals surface area contributed by atoms with Crippen molar-refractivity contribution < 1.29 is 46.2 Å². The Kier molecular flexibility index (Phi) is 5.31. The molecule has 0 radical (unpaired) electrons. The van der Waals surface area contributed by atoms with Crippen LogP contribution < -0.4 is 0 Å². The maximum absolute atomic E-state index is 12.9. The third-order valence-corrected chi connectivity index (χ3v) is 4.13. The van der Waals surface area contributed by atoms with Gasteiger partial charge in [0.15, 0.2) is 11.8 Å². The smallest absolute Gasteiger partial charge is 0.416 e. The van der Waals surface area contributed by atoms with Gasteiger partial charge in [-0.3, -0.25) is 0 Å². The van der Waals surface area contributed by atoms with E-state index in [1.54, 1.807) is 0 Å². The Balaban J connectivity index is 1.73. The quantitative estimate of drug-likeness (QED) is 0.557. The zero-order valence-electron chi connectivity index (χ0n) is 15.1. The first-order valence-electron chi connectivity index (χ1n) is 8.25. The van der Waals surface area contributed by atoms with E-state index in [0.29, 0.717) is 0 Å². The van der Waals surface area contributed by atoms with Gasteiger partial charge in [0.2, 0.25) is 12.0 Å². The number of hydrogen-bond donors (Lipinski definition) is 0. The molecule has 1 aliphatic heterocycles. The van der Waals surface area contributed by atoms with E-state index in [1.165, 1.54) is 6.92 Å². The summed E-state index contributed by atoms with van der Waals surface area (Å²) in [5, 5.41) is 0. The minimum absolute atomic E-state index is 0.0229. The lowest BCUT2D eigenvalue weighted by Crippen LogP contribution is -2.36. The third-order valence-electron chi connectivity index (χ3n) is 4.13. The zero-order chi connectivity index (χ0) is 21.3. The summed E-state index contributed by atoms with van der Waals surface area (Å²) >= 11 is 0. The summed E-state index contributed by atoms with van der Waals surface area (Å²) in [5.74, 6) is -2.79. The van der Waals surface area contributed by atoms with Crippen molar-refractivity contribution in [2.24, 2.45) is 0 Å². The van der Waals surface area contributed by atoms with Crippen LogP contribution in [-0.4, -0.2) is 36.1 Å². The molecule has 3 rings (SSSR count). The number of cyclic esters (lactones) is 1. The summed E-state index contributed by atoms with van der Waals surface area (Å²) in [7, 11) is 1.15. The molecule has 2 heterocycles. The molecule has 0 saturated carbocycles. The summed E-state index contributed by atoms with van der Waals surface area (Å²) in [6, 6.07) is 2.57. The number of fused-ring (bicyclic) bond motifs is 1. The van der Waals surface area contributed by atoms with E-state index in [0.717, 1.165) is 31.6 Å². The third kappa shape index (κ3) is 4.23. The number of rotatable bonds is 4. The zero-order valence-corrected chi connectivity index (χ0v) is 15.1. The molecule has 2 aromatic rings. The molecule has 0 aliphatic carbocycles. The number of benzene rings is 1. The first-order chi connectivity index (χ1) is 13.6. The van der Waals surface area contributed by atoms with Crippen molar-refractivity contribution in [3.05, 3.63) is 52.7 Å². The SMILES string of the molecule is COC(=O)c1coc(C(C)OC(=O)C2Cc3cc(C(F)(F)F)ccc3C(=O)O2)n1. The Morgan fingerprint density at radius 3 is 2.69 bits per heavy atom. The fraction of sp³-hybridized carbons (Fsp3) is 0.333. The van der Waals surface area contributed by atoms with Crippen LogP contribution in [0.5, 0.6) is 0 Å². The molecule has 29 heavy (non-hydrogen) atoms. The van der Waals surface area contributed by atoms with Crippen molar-refractivity contribution >= 4 is 17.9 Å². The van der Waals surface area contributed by atoms with Crippen LogP contribution in [0.3, 0.4) is 0 Å². The van der Waals surface area contributed by atoms with Crippen LogP contribution >= 0.6 is 0 Å². The van der Waals surface area contributed by atoms with Crippen LogP contribution in [0.4, 0.5) is 13.2 Å². The summed E-state index contributed by atoms with van der Waals surface area (Å²) < 4.78 is 58.3. The molecule has 1 aromatic carbocycles. The van der Waals surface area contributed by atoms with Gasteiger partial charge in [0.05, 0.1) is 18.2 Å². The molecule has 0 bridgehead atoms. The average Bonchev–Trinajstić information content (AvgIpc) is 3.16. The molecule has 0 saturated heterocycles. The minimum Gasteiger partial charge on any atom is -0.464 e. The van der Waals surface area contributed by atoms with Gasteiger partial charge >= 0.3 is 24.1 Å². The number of esters is 3. The molecular weight excluding hydrogens is 399 g/mol. The predicted octanol–water partition coefficient (Wildman–Crippen LogP) is 2.87. The number of oxazole rings is 1. The Hall–Kier alpha value is -3.37. The monoisotopic (exact) mass is 413 g/mol. The van der Waals surface area contributed by atoms with Crippen molar-refractivity contribution in [1.29, 1.82) is 0 Å². The first kappa shape index (κ1) is 20.4. The number of nitrogens with zero attached hydrogens (tertiary/aromatic N) is 1. The van der Waals surface area contributed by atoms with Crippen molar-refractivity contribution in [3.63, 3.8) is 0 Å². The highest BCUT2D eigenvalue weighted by atomic mass is 19.4. The van der Waals surface area contributed by atoms with E-state index in [2.05, 4.69) is 9.72 Å². The van der Waals surface area contributed by atoms with E-state index in [4.69, 9.17) is 13.9 Å². The summed E-state index contributed by atoms with van der Waals surface area (Å²) in [4.78, 5) is 39.6. The number of carbonyl (C=O) groups is 3. The van der Waals surface area contributed by atoms with Gasteiger partial charge in [0.25, 0.3) is 0 Å². The van der Waals surface area contributed by atoms with Gasteiger partial charge in [0.1, 0.15) is 6.26 Å². The van der Waals surface area contributed by atoms with Gasteiger partial charge in [-0.15, -0.1) is 0 Å². The maximum atomic E-state index is 12.9. The van der Waals surface area contributed by atoms with Gasteiger partial charge in [-0.05, 0) is 30.7 Å². The fourth-order valence-corrected chi connectivity index (χ4v) is 2.68. The number of methoxy groups -OCH3 is 1. The predicted molar refractivity (Wildman–Crippen MR) is 86.7 cm³/mol. The highest BCUT2D eigenvalue weighted by Gasteiger charge is 2.37. The first-order valence-corrected chi connectivity index (χ1v) is 8.25. The number of alkyl halides is 3. The van der Waals surface area contributed by atoms with Crippen molar-refractivity contribution in [1.82, 2.24) is 4.98 Å². The van der Waals surface area contributed by atoms with Crippen LogP contribution in [0, 0.1) is 0 Å². The van der Waals surface area contributed by atoms with Crippen molar-refractivity contribution in [3.8, 4) is 0 Å². The van der Waals surface area contributed by atoms with Crippen molar-refractivity contribution in [2.45, 2.75) is 31.7 Å². The number of hydrogen-bond acceptors (Lipinski definition) is 8. The second-order valence-electron chi connectivity index (χ2n) is 6.11. The maximum Gasteiger partial charge on any atom is 0.416 e. The number of ether oxygens (including phenoxy) is 3. The van der Waals surface area contributed by atoms with Crippen LogP contribution in [-0.2, 0) is 31.6 Å². The molecule has 0 amide bonds. The molecule has 154 valence electrons. The summed E-state index contributed by atoms with van der Waals surface area (Å²) in [5.41, 5.74) is -1.11. The Labute approximate surface area is 161 Å². The standard InChI is InChI=1S/C18H14F3NO7/c1-8(14-22-12(7-27-14)16(24)26-2)28-17(25)13-6-9-5-10(18(19,20)21)3-4-11(9)15(23)29-13/h3-5,7-8,13H,6H2,1-2H3. The van der Waals surface area contributed by atoms with Gasteiger partial charge in [-0.2, -0.15) is 13.2 Å². The van der Waals surface area contributed by atoms with Gasteiger partial charge in [0, 0.05) is 6.42 Å². The summed E-state index contributed by atoms with van der Waals surface area (Å²) in [6.45, 7) is 1.39. The average molecular weight is 413 g/mol. The van der Waals surface area contributed by atoms with E-state index in [1.807, 2.05) is 0 Å². The lowest BCUT2D eigenvalue weighted by atomic mass is 9.96. The number of carbonyl (C=O) groups excluding carboxylic acids is 3. The van der Waals surface area contributed by atoms with E-state index >= 15 is 0 Å². The second kappa shape index (κ2) is 7.57. The van der Waals surface area contributed by atoms with E-state index in [-0.39, 0.29) is 29.1 Å². The molecule has 8 nitrogen and oxygen atoms in total. The molecule has 2 unspecified atom stereocenters. The van der Waals surface area contributed by atoms with Crippen LogP contribution in [0.25, 0.3) is 0 Å². The minimum atomic E-state index is -4.59. The normalized spacial score (nSPS) is 17.1. The lowest BCUT2D eigenvalue weighted by molar-refractivity contribution is -0.160. The topological polar surface area (TPSA) is 105 Å². The van der Waals surface area contributed by atoms with Crippen LogP contribution in [0.2, 0.25) is 0 Å². The van der Waals surface area contributed by atoms with Crippen LogP contribution in [0.15, 0.2) is 28.9 Å². The van der Waals surface area contributed by atoms with Crippen molar-refractivity contribution in [2.75, 3.05) is 7.11 Å².